The quantitative estimate of drug-likeness (QED) is 0.585. The molecule has 2 atom stereocenters. The largest absolute Gasteiger partial charge is 0.508 e. The lowest BCUT2D eigenvalue weighted by atomic mass is 10.0. The van der Waals surface area contributed by atoms with Crippen LogP contribution in [0, 0.1) is 0 Å². The molecular weight excluding hydrogens is 322 g/mol. The summed E-state index contributed by atoms with van der Waals surface area (Å²) in [6.45, 7) is 0.640. The molecule has 0 spiro atoms. The van der Waals surface area contributed by atoms with Crippen LogP contribution in [0.1, 0.15) is 37.7 Å². The number of benzene rings is 1. The number of rotatable bonds is 6. The SMILES string of the molecule is N[C@@H](Cc1ccc(O)cc1)C(=O)O.OCCOC1CC/C=C/CCC1. The third-order valence-corrected chi connectivity index (χ3v) is 3.87. The van der Waals surface area contributed by atoms with Gasteiger partial charge in [-0.05, 0) is 56.2 Å². The fourth-order valence-corrected chi connectivity index (χ4v) is 2.48. The predicted octanol–water partition coefficient (Wildman–Crippen LogP) is 2.23. The van der Waals surface area contributed by atoms with Gasteiger partial charge in [0.15, 0.2) is 0 Å². The minimum atomic E-state index is -1.02. The van der Waals surface area contributed by atoms with Crippen molar-refractivity contribution in [3.8, 4) is 5.75 Å². The van der Waals surface area contributed by atoms with Crippen LogP contribution in [0.3, 0.4) is 0 Å². The molecule has 0 saturated heterocycles. The summed E-state index contributed by atoms with van der Waals surface area (Å²) in [6, 6.07) is 5.42. The first-order valence-electron chi connectivity index (χ1n) is 8.66. The van der Waals surface area contributed by atoms with Gasteiger partial charge in [-0.25, -0.2) is 0 Å². The minimum absolute atomic E-state index is 0.145. The standard InChI is InChI=1S/C10H18O2.C9H11NO3/c11-8-9-12-10-6-4-2-1-3-5-7-10;10-8(9(12)13)5-6-1-3-7(11)4-2-6/h1-2,10-11H,3-9H2;1-4,8,11H,5,10H2,(H,12,13)/b2-1+;/t;8-/m.0/s1. The summed E-state index contributed by atoms with van der Waals surface area (Å²) in [5.74, 6) is -0.860. The summed E-state index contributed by atoms with van der Waals surface area (Å²) in [5, 5.41) is 26.1. The Kier molecular flexibility index (Phi) is 10.6. The fourth-order valence-electron chi connectivity index (χ4n) is 2.48. The average Bonchev–Trinajstić information content (AvgIpc) is 2.56. The molecule has 0 amide bonds. The summed E-state index contributed by atoms with van der Waals surface area (Å²) in [6.07, 6.45) is 10.9. The Morgan fingerprint density at radius 2 is 1.88 bits per heavy atom. The number of phenolic OH excluding ortho intramolecular Hbond substituents is 1. The third kappa shape index (κ3) is 9.86. The van der Waals surface area contributed by atoms with Gasteiger partial charge in [0, 0.05) is 0 Å². The van der Waals surface area contributed by atoms with Gasteiger partial charge in [0.1, 0.15) is 11.8 Å². The van der Waals surface area contributed by atoms with Crippen LogP contribution in [0.2, 0.25) is 0 Å². The Morgan fingerprint density at radius 1 is 1.20 bits per heavy atom. The lowest BCUT2D eigenvalue weighted by Crippen LogP contribution is -2.32. The molecule has 0 bridgehead atoms. The molecule has 0 radical (unpaired) electrons. The van der Waals surface area contributed by atoms with Crippen LogP contribution in [0.25, 0.3) is 0 Å². The first-order valence-corrected chi connectivity index (χ1v) is 8.66. The van der Waals surface area contributed by atoms with E-state index in [1.54, 1.807) is 12.1 Å². The maximum Gasteiger partial charge on any atom is 0.320 e. The van der Waals surface area contributed by atoms with Gasteiger partial charge >= 0.3 is 5.97 Å². The first-order chi connectivity index (χ1) is 12.0. The van der Waals surface area contributed by atoms with E-state index in [0.717, 1.165) is 24.8 Å². The van der Waals surface area contributed by atoms with E-state index < -0.39 is 12.0 Å². The number of phenols is 1. The fraction of sp³-hybridized carbons (Fsp3) is 0.526. The first kappa shape index (κ1) is 21.2. The van der Waals surface area contributed by atoms with Gasteiger partial charge in [0.25, 0.3) is 0 Å². The van der Waals surface area contributed by atoms with Crippen molar-refractivity contribution < 1.29 is 24.9 Å². The third-order valence-electron chi connectivity index (χ3n) is 3.87. The second-order valence-electron chi connectivity index (χ2n) is 6.01. The van der Waals surface area contributed by atoms with Crippen molar-refractivity contribution in [1.82, 2.24) is 0 Å². The summed E-state index contributed by atoms with van der Waals surface area (Å²) in [7, 11) is 0. The number of carboxylic acids is 1. The lowest BCUT2D eigenvalue weighted by Gasteiger charge is -2.17. The zero-order valence-electron chi connectivity index (χ0n) is 14.5. The summed E-state index contributed by atoms with van der Waals surface area (Å²) in [4.78, 5) is 10.4. The van der Waals surface area contributed by atoms with Gasteiger partial charge in [-0.15, -0.1) is 0 Å². The summed E-state index contributed by atoms with van der Waals surface area (Å²) < 4.78 is 5.48. The molecule has 1 aliphatic rings. The number of aliphatic hydroxyl groups is 1. The zero-order valence-corrected chi connectivity index (χ0v) is 14.5. The molecular formula is C19H29NO5. The Morgan fingerprint density at radius 3 is 2.52 bits per heavy atom. The van der Waals surface area contributed by atoms with Gasteiger partial charge < -0.3 is 25.8 Å². The molecule has 6 heteroatoms. The molecule has 0 aromatic heterocycles. The van der Waals surface area contributed by atoms with Gasteiger partial charge in [-0.2, -0.15) is 0 Å². The van der Waals surface area contributed by atoms with Gasteiger partial charge in [0.2, 0.25) is 0 Å². The monoisotopic (exact) mass is 351 g/mol. The second kappa shape index (κ2) is 12.5. The van der Waals surface area contributed by atoms with E-state index in [1.165, 1.54) is 25.0 Å². The highest BCUT2D eigenvalue weighted by atomic mass is 16.5. The number of aliphatic hydroxyl groups excluding tert-OH is 1. The van der Waals surface area contributed by atoms with Crippen LogP contribution < -0.4 is 5.73 Å². The maximum atomic E-state index is 10.4. The zero-order chi connectivity index (χ0) is 18.5. The highest BCUT2D eigenvalue weighted by molar-refractivity contribution is 5.73. The number of carboxylic acid groups (broad SMARTS) is 1. The molecule has 0 saturated carbocycles. The highest BCUT2D eigenvalue weighted by Gasteiger charge is 2.11. The number of ether oxygens (including phenoxy) is 1. The normalized spacial score (nSPS) is 19.7. The molecule has 1 aromatic carbocycles. The molecule has 0 aliphatic heterocycles. The average molecular weight is 351 g/mol. The number of hydrogen-bond donors (Lipinski definition) is 4. The smallest absolute Gasteiger partial charge is 0.320 e. The molecule has 1 unspecified atom stereocenters. The van der Waals surface area contributed by atoms with Gasteiger partial charge in [-0.3, -0.25) is 4.79 Å². The van der Waals surface area contributed by atoms with Crippen LogP contribution in [0.4, 0.5) is 0 Å². The molecule has 0 fully saturated rings. The maximum absolute atomic E-state index is 10.4. The van der Waals surface area contributed by atoms with Crippen molar-refractivity contribution in [1.29, 1.82) is 0 Å². The van der Waals surface area contributed by atoms with E-state index in [0.29, 0.717) is 12.7 Å². The van der Waals surface area contributed by atoms with E-state index in [9.17, 15) is 4.79 Å². The topological polar surface area (TPSA) is 113 Å². The van der Waals surface area contributed by atoms with Gasteiger partial charge in [-0.1, -0.05) is 24.3 Å². The summed E-state index contributed by atoms with van der Waals surface area (Å²) in [5.41, 5.74) is 6.12. The Bertz CT molecular complexity index is 515. The molecule has 1 aromatic rings. The number of hydrogen-bond acceptors (Lipinski definition) is 5. The summed E-state index contributed by atoms with van der Waals surface area (Å²) >= 11 is 0. The van der Waals surface area contributed by atoms with Crippen molar-refractivity contribution in [2.45, 2.75) is 50.7 Å². The molecule has 1 aliphatic carbocycles. The van der Waals surface area contributed by atoms with Crippen LogP contribution >= 0.6 is 0 Å². The molecule has 25 heavy (non-hydrogen) atoms. The van der Waals surface area contributed by atoms with Crippen LogP contribution in [-0.4, -0.2) is 46.6 Å². The van der Waals surface area contributed by atoms with E-state index >= 15 is 0 Å². The van der Waals surface area contributed by atoms with E-state index in [4.69, 9.17) is 25.8 Å². The Labute approximate surface area is 148 Å². The van der Waals surface area contributed by atoms with Crippen LogP contribution in [0.15, 0.2) is 36.4 Å². The Hall–Kier alpha value is -1.89. The predicted molar refractivity (Wildman–Crippen MR) is 96.5 cm³/mol. The number of aromatic hydroxyl groups is 1. The number of carbonyl (C=O) groups is 1. The van der Waals surface area contributed by atoms with Crippen molar-refractivity contribution >= 4 is 5.97 Å². The molecule has 140 valence electrons. The van der Waals surface area contributed by atoms with Gasteiger partial charge in [0.05, 0.1) is 19.3 Å². The van der Waals surface area contributed by atoms with Crippen molar-refractivity contribution in [3.63, 3.8) is 0 Å². The van der Waals surface area contributed by atoms with Crippen molar-refractivity contribution in [2.24, 2.45) is 5.73 Å². The molecule has 0 heterocycles. The number of nitrogens with two attached hydrogens (primary N) is 1. The van der Waals surface area contributed by atoms with Crippen molar-refractivity contribution in [2.75, 3.05) is 13.2 Å². The molecule has 2 rings (SSSR count). The van der Waals surface area contributed by atoms with E-state index in [1.807, 2.05) is 0 Å². The van der Waals surface area contributed by atoms with Crippen molar-refractivity contribution in [3.05, 3.63) is 42.0 Å². The molecule has 5 N–H and O–H groups in total. The second-order valence-corrected chi connectivity index (χ2v) is 6.01. The Balaban J connectivity index is 0.000000251. The van der Waals surface area contributed by atoms with Crippen LogP contribution in [0.5, 0.6) is 5.75 Å². The van der Waals surface area contributed by atoms with Crippen LogP contribution in [-0.2, 0) is 16.0 Å². The number of allylic oxidation sites excluding steroid dienone is 2. The molecule has 6 nitrogen and oxygen atoms in total. The van der Waals surface area contributed by atoms with E-state index in [-0.39, 0.29) is 18.8 Å². The van der Waals surface area contributed by atoms with E-state index in [2.05, 4.69) is 12.2 Å². The minimum Gasteiger partial charge on any atom is -0.508 e. The number of aliphatic carboxylic acids is 1. The lowest BCUT2D eigenvalue weighted by molar-refractivity contribution is -0.138. The highest BCUT2D eigenvalue weighted by Crippen LogP contribution is 2.15.